The van der Waals surface area contributed by atoms with Gasteiger partial charge in [-0.25, -0.2) is 0 Å². The Bertz CT molecular complexity index is 1790. The van der Waals surface area contributed by atoms with E-state index in [1.54, 1.807) is 22.3 Å². The number of benzene rings is 4. The van der Waals surface area contributed by atoms with Crippen LogP contribution < -0.4 is 0 Å². The maximum absolute atomic E-state index is 3.12. The normalized spacial score (nSPS) is 24.3. The van der Waals surface area contributed by atoms with Crippen molar-refractivity contribution >= 4 is 20.2 Å². The van der Waals surface area contributed by atoms with Gasteiger partial charge in [-0.1, -0.05) is 0 Å². The molecule has 1 aliphatic heterocycles. The fourth-order valence-corrected chi connectivity index (χ4v) is 45.5. The van der Waals surface area contributed by atoms with Crippen molar-refractivity contribution in [1.82, 2.24) is 0 Å². The molecule has 2 heteroatoms. The van der Waals surface area contributed by atoms with E-state index >= 15 is 0 Å². The summed E-state index contributed by atoms with van der Waals surface area (Å²) in [4.78, 5) is 0. The van der Waals surface area contributed by atoms with Crippen LogP contribution in [0.25, 0.3) is 34.4 Å². The summed E-state index contributed by atoms with van der Waals surface area (Å²) < 4.78 is 7.18. The number of hydrogen-bond donors (Lipinski definition) is 0. The van der Waals surface area contributed by atoms with E-state index in [-0.39, 0.29) is 0 Å². The fourth-order valence-electron chi connectivity index (χ4n) is 11.6. The molecule has 4 aliphatic carbocycles. The molecule has 0 spiro atoms. The Morgan fingerprint density at radius 1 is 0.543 bits per heavy atom. The average Bonchev–Trinajstić information content (AvgIpc) is 3.87. The molecular formula is C44H48HfSi. The zero-order valence-electron chi connectivity index (χ0n) is 28.2. The third-order valence-electron chi connectivity index (χ3n) is 13.2. The standard InChI is InChI=1S/C42H42Si.2CH3.Hf/c1-29-11-7-13-31(23-29)39-21-9-15-33-25-37(27-41(33)39)43(35-17-3-4-18-35,36-19-5-6-20-36)38-26-34-16-10-22-40(42(34)28-38)32-14-8-12-30(2)24-32;;;/h7-16,21-28,35-36H,3-6,17-20H2,1-2H3;2*1H3;. The predicted octanol–water partition coefficient (Wildman–Crippen LogP) is 12.9. The van der Waals surface area contributed by atoms with Crippen molar-refractivity contribution in [3.05, 3.63) is 129 Å². The molecule has 9 rings (SSSR count). The molecule has 5 aliphatic rings. The topological polar surface area (TPSA) is 0 Å². The molecule has 4 aromatic carbocycles. The molecule has 0 N–H and O–H groups in total. The third-order valence-corrected chi connectivity index (χ3v) is 37.0. The van der Waals surface area contributed by atoms with E-state index in [4.69, 9.17) is 0 Å². The van der Waals surface area contributed by atoms with Gasteiger partial charge in [-0.15, -0.1) is 0 Å². The van der Waals surface area contributed by atoms with Crippen LogP contribution in [0.2, 0.25) is 20.4 Å². The molecular weight excluding hydrogens is 735 g/mol. The zero-order valence-corrected chi connectivity index (χ0v) is 32.8. The van der Waals surface area contributed by atoms with Crippen molar-refractivity contribution in [1.29, 1.82) is 0 Å². The summed E-state index contributed by atoms with van der Waals surface area (Å²) in [6.07, 6.45) is 17.4. The molecule has 2 saturated carbocycles. The Kier molecular flexibility index (Phi) is 7.07. The fraction of sp³-hybridized carbons (Fsp3) is 0.364. The molecule has 0 nitrogen and oxygen atoms in total. The summed E-state index contributed by atoms with van der Waals surface area (Å²) >= 11 is -3.12. The van der Waals surface area contributed by atoms with Gasteiger partial charge in [-0.2, -0.15) is 0 Å². The molecule has 232 valence electrons. The first-order valence-corrected chi connectivity index (χ1v) is 31.7. The molecule has 0 radical (unpaired) electrons. The minimum atomic E-state index is -3.12. The van der Waals surface area contributed by atoms with Crippen LogP contribution in [0.15, 0.2) is 95.3 Å². The minimum absolute atomic E-state index is 0.718. The number of hydrogen-bond acceptors (Lipinski definition) is 0. The monoisotopic (exact) mass is 784 g/mol. The molecule has 2 atom stereocenters. The van der Waals surface area contributed by atoms with Crippen molar-refractivity contribution < 1.29 is 20.0 Å². The van der Waals surface area contributed by atoms with Crippen LogP contribution >= 0.6 is 0 Å². The van der Waals surface area contributed by atoms with Crippen molar-refractivity contribution in [2.75, 3.05) is 0 Å². The third kappa shape index (κ3) is 4.17. The van der Waals surface area contributed by atoms with Crippen LogP contribution in [0.4, 0.5) is 0 Å². The van der Waals surface area contributed by atoms with Crippen LogP contribution in [0.5, 0.6) is 0 Å². The molecule has 1 heterocycles. The van der Waals surface area contributed by atoms with Crippen LogP contribution in [-0.4, -0.2) is 8.07 Å². The molecule has 4 aromatic rings. The van der Waals surface area contributed by atoms with Crippen molar-refractivity contribution in [3.8, 4) is 22.3 Å². The van der Waals surface area contributed by atoms with Gasteiger partial charge in [0.15, 0.2) is 0 Å². The van der Waals surface area contributed by atoms with E-state index < -0.39 is 28.0 Å². The Balaban J connectivity index is 1.34. The summed E-state index contributed by atoms with van der Waals surface area (Å²) in [6.45, 7) is 4.50. The van der Waals surface area contributed by atoms with Gasteiger partial charge in [0.1, 0.15) is 0 Å². The molecule has 0 aromatic heterocycles. The first kappa shape index (κ1) is 29.6. The summed E-state index contributed by atoms with van der Waals surface area (Å²) in [6, 6.07) is 33.4. The first-order chi connectivity index (χ1) is 22.4. The molecule has 1 saturated heterocycles. The summed E-state index contributed by atoms with van der Waals surface area (Å²) in [5.41, 5.74) is 17.0. The quantitative estimate of drug-likeness (QED) is 0.181. The summed E-state index contributed by atoms with van der Waals surface area (Å²) in [5, 5.41) is 4.06. The van der Waals surface area contributed by atoms with E-state index in [0.29, 0.717) is 0 Å². The number of allylic oxidation sites excluding steroid dienone is 2. The summed E-state index contributed by atoms with van der Waals surface area (Å²) in [7, 11) is -2.05. The first-order valence-electron chi connectivity index (χ1n) is 18.2. The van der Waals surface area contributed by atoms with E-state index in [1.165, 1.54) is 84.7 Å². The second-order valence-corrected chi connectivity index (χ2v) is 37.8. The maximum atomic E-state index is 2.89. The second-order valence-electron chi connectivity index (χ2n) is 16.1. The van der Waals surface area contributed by atoms with E-state index in [1.807, 2.05) is 10.4 Å². The van der Waals surface area contributed by atoms with Gasteiger partial charge in [0.05, 0.1) is 0 Å². The van der Waals surface area contributed by atoms with E-state index in [9.17, 15) is 0 Å². The van der Waals surface area contributed by atoms with Crippen molar-refractivity contribution in [2.45, 2.75) is 93.0 Å². The Hall–Kier alpha value is -2.55. The van der Waals surface area contributed by atoms with Gasteiger partial charge in [0.25, 0.3) is 0 Å². The predicted molar refractivity (Wildman–Crippen MR) is 197 cm³/mol. The van der Waals surface area contributed by atoms with Gasteiger partial charge in [-0.3, -0.25) is 0 Å². The van der Waals surface area contributed by atoms with Crippen molar-refractivity contribution in [2.24, 2.45) is 0 Å². The van der Waals surface area contributed by atoms with E-state index in [2.05, 4.69) is 120 Å². The molecule has 0 amide bonds. The number of rotatable bonds is 4. The van der Waals surface area contributed by atoms with Crippen LogP contribution in [0.3, 0.4) is 0 Å². The Morgan fingerprint density at radius 2 is 0.957 bits per heavy atom. The Labute approximate surface area is 282 Å². The van der Waals surface area contributed by atoms with Crippen LogP contribution in [-0.2, 0) is 20.0 Å². The molecule has 46 heavy (non-hydrogen) atoms. The zero-order chi connectivity index (χ0) is 31.2. The van der Waals surface area contributed by atoms with Crippen LogP contribution in [0.1, 0.15) is 92.1 Å². The van der Waals surface area contributed by atoms with Crippen molar-refractivity contribution in [3.63, 3.8) is 0 Å². The average molecular weight is 783 g/mol. The van der Waals surface area contributed by atoms with E-state index in [0.717, 1.165) is 18.4 Å². The van der Waals surface area contributed by atoms with Gasteiger partial charge >= 0.3 is 284 Å². The molecule has 3 fully saturated rings. The van der Waals surface area contributed by atoms with Gasteiger partial charge in [0, 0.05) is 0 Å². The molecule has 0 bridgehead atoms. The number of fused-ring (bicyclic) bond motifs is 6. The van der Waals surface area contributed by atoms with Gasteiger partial charge in [0.2, 0.25) is 0 Å². The molecule has 2 unspecified atom stereocenters. The number of aryl methyl sites for hydroxylation is 2. The van der Waals surface area contributed by atoms with Gasteiger partial charge < -0.3 is 0 Å². The second kappa shape index (κ2) is 11.0. The van der Waals surface area contributed by atoms with Gasteiger partial charge in [-0.05, 0) is 0 Å². The Morgan fingerprint density at radius 3 is 1.37 bits per heavy atom. The SMILES string of the molecule is Cc1cccc(-c2cccc3c2C=C2[CH]3[Hf]([CH3])([CH3])[CH]3C(=Cc4c(-c5cccc(C)c5)cccc43)[Si]2(C2CCCC2)C2CCCC2)c1. The van der Waals surface area contributed by atoms with Crippen LogP contribution in [0, 0.1) is 13.8 Å². The summed E-state index contributed by atoms with van der Waals surface area (Å²) in [5.74, 6) is 0.